The maximum atomic E-state index is 13.2. The summed E-state index contributed by atoms with van der Waals surface area (Å²) in [7, 11) is 1.69. The smallest absolute Gasteiger partial charge is 0.285 e. The lowest BCUT2D eigenvalue weighted by Crippen LogP contribution is -2.39. The van der Waals surface area contributed by atoms with Gasteiger partial charge in [-0.25, -0.2) is 9.36 Å². The van der Waals surface area contributed by atoms with Gasteiger partial charge < -0.3 is 0 Å². The highest BCUT2D eigenvalue weighted by Gasteiger charge is 2.18. The Bertz CT molecular complexity index is 1250. The van der Waals surface area contributed by atoms with Gasteiger partial charge in [0.25, 0.3) is 5.56 Å². The van der Waals surface area contributed by atoms with Crippen LogP contribution in [0.4, 0.5) is 0 Å². The van der Waals surface area contributed by atoms with Crippen LogP contribution in [0.3, 0.4) is 0 Å². The number of rotatable bonds is 3. The fraction of sp³-hybridized carbons (Fsp3) is 0.150. The quantitative estimate of drug-likeness (QED) is 0.549. The molecule has 4 rings (SSSR count). The minimum atomic E-state index is -0.403. The first-order valence-corrected chi connectivity index (χ1v) is 8.82. The predicted octanol–water partition coefficient (Wildman–Crippen LogP) is 2.90. The number of aromatic nitrogens is 4. The molecule has 0 aliphatic heterocycles. The highest BCUT2D eigenvalue weighted by atomic mass is 35.5. The number of hydrogen-bond acceptors (Lipinski definition) is 3. The summed E-state index contributed by atoms with van der Waals surface area (Å²) in [5.74, 6) is 0. The third-order valence-corrected chi connectivity index (χ3v) is 4.84. The van der Waals surface area contributed by atoms with Crippen molar-refractivity contribution in [2.45, 2.75) is 13.5 Å². The zero-order chi connectivity index (χ0) is 19.1. The van der Waals surface area contributed by atoms with E-state index >= 15 is 0 Å². The fourth-order valence-corrected chi connectivity index (χ4v) is 3.26. The molecule has 0 aliphatic rings. The first-order valence-electron chi connectivity index (χ1n) is 8.45. The van der Waals surface area contributed by atoms with Gasteiger partial charge in [0.15, 0.2) is 5.52 Å². The van der Waals surface area contributed by atoms with Gasteiger partial charge in [-0.15, -0.1) is 0 Å². The van der Waals surface area contributed by atoms with Gasteiger partial charge in [-0.05, 0) is 36.8 Å². The molecular weight excluding hydrogens is 364 g/mol. The van der Waals surface area contributed by atoms with E-state index in [0.29, 0.717) is 28.3 Å². The number of halogens is 1. The van der Waals surface area contributed by atoms with Gasteiger partial charge in [-0.3, -0.25) is 14.0 Å². The van der Waals surface area contributed by atoms with E-state index in [4.69, 9.17) is 11.6 Å². The Morgan fingerprint density at radius 3 is 2.33 bits per heavy atom. The van der Waals surface area contributed by atoms with E-state index in [1.165, 1.54) is 9.25 Å². The Morgan fingerprint density at radius 1 is 1.00 bits per heavy atom. The van der Waals surface area contributed by atoms with Gasteiger partial charge in [0.2, 0.25) is 0 Å². The molecule has 0 spiro atoms. The molecule has 136 valence electrons. The topological polar surface area (TPSA) is 61.8 Å². The van der Waals surface area contributed by atoms with Crippen LogP contribution >= 0.6 is 11.6 Å². The SMILES string of the molecule is Cc1ccc(-n2c(=O)c3c(cnn3C)n(Cc3ccc(Cl)cc3)c2=O)cc1. The van der Waals surface area contributed by atoms with Crippen LogP contribution in [0.5, 0.6) is 0 Å². The molecule has 0 unspecified atom stereocenters. The summed E-state index contributed by atoms with van der Waals surface area (Å²) in [6.45, 7) is 2.26. The fourth-order valence-electron chi connectivity index (χ4n) is 3.13. The molecule has 0 amide bonds. The van der Waals surface area contributed by atoms with E-state index in [2.05, 4.69) is 5.10 Å². The number of hydrogen-bond donors (Lipinski definition) is 0. The van der Waals surface area contributed by atoms with Crippen LogP contribution < -0.4 is 11.2 Å². The van der Waals surface area contributed by atoms with Crippen molar-refractivity contribution in [3.05, 3.63) is 91.7 Å². The molecule has 0 bridgehead atoms. The van der Waals surface area contributed by atoms with Crippen LogP contribution in [0.25, 0.3) is 16.7 Å². The summed E-state index contributed by atoms with van der Waals surface area (Å²) >= 11 is 5.96. The van der Waals surface area contributed by atoms with Crippen LogP contribution in [0.1, 0.15) is 11.1 Å². The van der Waals surface area contributed by atoms with Crippen molar-refractivity contribution in [1.82, 2.24) is 18.9 Å². The van der Waals surface area contributed by atoms with Crippen molar-refractivity contribution in [2.75, 3.05) is 0 Å². The molecule has 2 aromatic heterocycles. The van der Waals surface area contributed by atoms with Crippen LogP contribution in [-0.4, -0.2) is 18.9 Å². The maximum Gasteiger partial charge on any atom is 0.336 e. The summed E-state index contributed by atoms with van der Waals surface area (Å²) in [6, 6.07) is 14.6. The van der Waals surface area contributed by atoms with Crippen molar-refractivity contribution in [3.8, 4) is 5.69 Å². The second-order valence-corrected chi connectivity index (χ2v) is 6.91. The Hall–Kier alpha value is -3.12. The molecular formula is C20H17ClN4O2. The van der Waals surface area contributed by atoms with E-state index in [1.54, 1.807) is 42.1 Å². The summed E-state index contributed by atoms with van der Waals surface area (Å²) in [6.07, 6.45) is 1.55. The van der Waals surface area contributed by atoms with E-state index < -0.39 is 5.69 Å². The molecule has 2 heterocycles. The molecule has 0 saturated heterocycles. The second kappa shape index (κ2) is 6.55. The molecule has 27 heavy (non-hydrogen) atoms. The zero-order valence-electron chi connectivity index (χ0n) is 14.9. The van der Waals surface area contributed by atoms with E-state index in [1.807, 2.05) is 31.2 Å². The van der Waals surface area contributed by atoms with Crippen molar-refractivity contribution < 1.29 is 0 Å². The molecule has 7 heteroatoms. The lowest BCUT2D eigenvalue weighted by molar-refractivity contribution is 0.709. The van der Waals surface area contributed by atoms with Crippen molar-refractivity contribution in [3.63, 3.8) is 0 Å². The molecule has 2 aromatic carbocycles. The maximum absolute atomic E-state index is 13.2. The van der Waals surface area contributed by atoms with Gasteiger partial charge in [-0.1, -0.05) is 41.4 Å². The Labute approximate surface area is 159 Å². The summed E-state index contributed by atoms with van der Waals surface area (Å²) < 4.78 is 4.26. The lowest BCUT2D eigenvalue weighted by atomic mass is 10.2. The van der Waals surface area contributed by atoms with E-state index in [0.717, 1.165) is 11.1 Å². The van der Waals surface area contributed by atoms with Gasteiger partial charge >= 0.3 is 5.69 Å². The first kappa shape index (κ1) is 17.3. The average molecular weight is 381 g/mol. The van der Waals surface area contributed by atoms with Crippen LogP contribution in [-0.2, 0) is 13.6 Å². The number of fused-ring (bicyclic) bond motifs is 1. The monoisotopic (exact) mass is 380 g/mol. The second-order valence-electron chi connectivity index (χ2n) is 6.47. The predicted molar refractivity (Wildman–Crippen MR) is 106 cm³/mol. The Balaban J connectivity index is 2.00. The molecule has 4 aromatic rings. The molecule has 0 saturated carbocycles. The molecule has 0 atom stereocenters. The molecule has 0 fully saturated rings. The zero-order valence-corrected chi connectivity index (χ0v) is 15.6. The minimum absolute atomic E-state index is 0.310. The molecule has 0 N–H and O–H groups in total. The molecule has 0 radical (unpaired) electrons. The highest BCUT2D eigenvalue weighted by molar-refractivity contribution is 6.30. The van der Waals surface area contributed by atoms with Crippen LogP contribution in [0.15, 0.2) is 64.3 Å². The average Bonchev–Trinajstić information content (AvgIpc) is 3.04. The van der Waals surface area contributed by atoms with Crippen molar-refractivity contribution in [1.29, 1.82) is 0 Å². The van der Waals surface area contributed by atoms with Gasteiger partial charge in [0, 0.05) is 12.1 Å². The van der Waals surface area contributed by atoms with E-state index in [9.17, 15) is 9.59 Å². The first-order chi connectivity index (χ1) is 13.0. The largest absolute Gasteiger partial charge is 0.336 e. The van der Waals surface area contributed by atoms with Crippen LogP contribution in [0, 0.1) is 6.92 Å². The molecule has 6 nitrogen and oxygen atoms in total. The van der Waals surface area contributed by atoms with Gasteiger partial charge in [-0.2, -0.15) is 5.10 Å². The number of nitrogens with zero attached hydrogens (tertiary/aromatic N) is 4. The van der Waals surface area contributed by atoms with Gasteiger partial charge in [0.05, 0.1) is 23.9 Å². The van der Waals surface area contributed by atoms with Crippen LogP contribution in [0.2, 0.25) is 5.02 Å². The summed E-state index contributed by atoms with van der Waals surface area (Å²) in [5.41, 5.74) is 2.58. The summed E-state index contributed by atoms with van der Waals surface area (Å²) in [5, 5.41) is 4.81. The highest BCUT2D eigenvalue weighted by Crippen LogP contribution is 2.14. The van der Waals surface area contributed by atoms with E-state index in [-0.39, 0.29) is 5.56 Å². The Kier molecular flexibility index (Phi) is 4.20. The third-order valence-electron chi connectivity index (χ3n) is 4.58. The summed E-state index contributed by atoms with van der Waals surface area (Å²) in [4.78, 5) is 26.3. The molecule has 0 aliphatic carbocycles. The van der Waals surface area contributed by atoms with Gasteiger partial charge in [0.1, 0.15) is 0 Å². The number of aryl methyl sites for hydroxylation is 2. The normalized spacial score (nSPS) is 11.2. The Morgan fingerprint density at radius 2 is 1.67 bits per heavy atom. The van der Waals surface area contributed by atoms with Crippen molar-refractivity contribution >= 4 is 22.6 Å². The third kappa shape index (κ3) is 2.98. The minimum Gasteiger partial charge on any atom is -0.285 e. The standard InChI is InChI=1S/C20H17ClN4O2/c1-13-3-9-16(10-4-13)25-19(26)18-17(11-22-23(18)2)24(20(25)27)12-14-5-7-15(21)8-6-14/h3-11H,12H2,1-2H3. The lowest BCUT2D eigenvalue weighted by Gasteiger charge is -2.13. The number of benzene rings is 2. The van der Waals surface area contributed by atoms with Crippen molar-refractivity contribution in [2.24, 2.45) is 7.05 Å².